The molecule has 0 aliphatic rings. The molecule has 0 aliphatic heterocycles. The number of nitrogen functional groups attached to an aromatic ring is 1. The number of aromatic nitrogens is 3. The predicted molar refractivity (Wildman–Crippen MR) is 41.9 cm³/mol. The highest BCUT2D eigenvalue weighted by molar-refractivity contribution is 5.51. The zero-order valence-electron chi connectivity index (χ0n) is 6.44. The van der Waals surface area contributed by atoms with Gasteiger partial charge in [-0.05, 0) is 6.07 Å². The van der Waals surface area contributed by atoms with Gasteiger partial charge in [-0.15, -0.1) is 5.10 Å². The first kappa shape index (κ1) is 7.66. The van der Waals surface area contributed by atoms with Gasteiger partial charge < -0.3 is 10.2 Å². The maximum absolute atomic E-state index is 12.7. The number of nitrogens with two attached hydrogens (primary N) is 1. The summed E-state index contributed by atoms with van der Waals surface area (Å²) in [7, 11) is 0. The Labute approximate surface area is 72.4 Å². The molecule has 13 heavy (non-hydrogen) atoms. The number of hydrogen-bond donors (Lipinski definition) is 1. The Bertz CT molecular complexity index is 428. The predicted octanol–water partition coefficient (Wildman–Crippen LogP) is 0.853. The summed E-state index contributed by atoms with van der Waals surface area (Å²) in [6, 6.07) is 1.18. The van der Waals surface area contributed by atoms with E-state index in [0.29, 0.717) is 5.56 Å². The quantitative estimate of drug-likeness (QED) is 0.703. The van der Waals surface area contributed by atoms with E-state index in [1.165, 1.54) is 12.3 Å². The van der Waals surface area contributed by atoms with E-state index in [9.17, 15) is 4.39 Å². The maximum atomic E-state index is 12.7. The molecule has 5 nitrogen and oxygen atoms in total. The number of nitrogens with zero attached hydrogens (tertiary/aromatic N) is 3. The largest absolute Gasteiger partial charge is 0.403 e. The summed E-state index contributed by atoms with van der Waals surface area (Å²) in [6.45, 7) is 0. The number of rotatable bonds is 1. The van der Waals surface area contributed by atoms with Crippen LogP contribution in [0, 0.1) is 5.82 Å². The third kappa shape index (κ3) is 1.46. The van der Waals surface area contributed by atoms with Gasteiger partial charge in [0.2, 0.25) is 0 Å². The van der Waals surface area contributed by atoms with Crippen LogP contribution in [0.5, 0.6) is 0 Å². The molecule has 0 unspecified atom stereocenters. The van der Waals surface area contributed by atoms with Gasteiger partial charge in [0, 0.05) is 6.20 Å². The summed E-state index contributed by atoms with van der Waals surface area (Å²) in [5.41, 5.74) is 5.61. The second-order valence-electron chi connectivity index (χ2n) is 2.34. The third-order valence-electron chi connectivity index (χ3n) is 1.39. The van der Waals surface area contributed by atoms with E-state index < -0.39 is 5.82 Å². The molecular formula is C7H5FN4O. The lowest BCUT2D eigenvalue weighted by atomic mass is 10.3. The van der Waals surface area contributed by atoms with Gasteiger partial charge in [-0.1, -0.05) is 5.10 Å². The summed E-state index contributed by atoms with van der Waals surface area (Å²) in [5.74, 6) is -0.307. The summed E-state index contributed by atoms with van der Waals surface area (Å²) in [6.07, 6.45) is 2.50. The average Bonchev–Trinajstić information content (AvgIpc) is 2.52. The van der Waals surface area contributed by atoms with Crippen LogP contribution in [-0.4, -0.2) is 15.2 Å². The monoisotopic (exact) mass is 180 g/mol. The molecule has 2 rings (SSSR count). The fourth-order valence-electron chi connectivity index (χ4n) is 0.880. The van der Waals surface area contributed by atoms with Crippen molar-refractivity contribution in [3.8, 4) is 11.5 Å². The summed E-state index contributed by atoms with van der Waals surface area (Å²) in [5, 5.41) is 7.01. The van der Waals surface area contributed by atoms with E-state index in [4.69, 9.17) is 10.2 Å². The molecule has 0 saturated carbocycles. The van der Waals surface area contributed by atoms with Gasteiger partial charge in [-0.25, -0.2) is 4.39 Å². The van der Waals surface area contributed by atoms with Crippen molar-refractivity contribution < 1.29 is 8.81 Å². The van der Waals surface area contributed by atoms with Crippen LogP contribution in [0.1, 0.15) is 0 Å². The molecule has 0 spiro atoms. The molecule has 0 radical (unpaired) electrons. The molecule has 6 heteroatoms. The smallest absolute Gasteiger partial charge is 0.313 e. The highest BCUT2D eigenvalue weighted by atomic mass is 19.1. The van der Waals surface area contributed by atoms with E-state index >= 15 is 0 Å². The van der Waals surface area contributed by atoms with E-state index in [0.717, 1.165) is 6.20 Å². The number of halogens is 1. The van der Waals surface area contributed by atoms with E-state index in [1.807, 2.05) is 0 Å². The molecule has 0 aromatic carbocycles. The lowest BCUT2D eigenvalue weighted by molar-refractivity contribution is 0.585. The molecular weight excluding hydrogens is 175 g/mol. The number of pyridine rings is 1. The van der Waals surface area contributed by atoms with Crippen LogP contribution in [-0.2, 0) is 0 Å². The van der Waals surface area contributed by atoms with Crippen LogP contribution in [0.25, 0.3) is 11.5 Å². The first-order chi connectivity index (χ1) is 6.25. The first-order valence-electron chi connectivity index (χ1n) is 3.45. The fraction of sp³-hybridized carbons (Fsp3) is 0. The summed E-state index contributed by atoms with van der Waals surface area (Å²) >= 11 is 0. The molecule has 0 saturated heterocycles. The number of anilines is 1. The van der Waals surface area contributed by atoms with Crippen molar-refractivity contribution in [1.29, 1.82) is 0 Å². The van der Waals surface area contributed by atoms with E-state index in [-0.39, 0.29) is 11.9 Å². The van der Waals surface area contributed by atoms with Crippen LogP contribution in [0.4, 0.5) is 10.4 Å². The minimum absolute atomic E-state index is 0.0562. The van der Waals surface area contributed by atoms with Gasteiger partial charge in [-0.3, -0.25) is 4.98 Å². The maximum Gasteiger partial charge on any atom is 0.313 e. The molecule has 2 N–H and O–H groups in total. The molecule has 2 heterocycles. The second-order valence-corrected chi connectivity index (χ2v) is 2.34. The zero-order chi connectivity index (χ0) is 9.26. The Kier molecular flexibility index (Phi) is 1.66. The van der Waals surface area contributed by atoms with Crippen molar-refractivity contribution in [2.75, 3.05) is 5.73 Å². The van der Waals surface area contributed by atoms with Crippen molar-refractivity contribution in [3.63, 3.8) is 0 Å². The molecule has 2 aromatic rings. The van der Waals surface area contributed by atoms with Crippen molar-refractivity contribution in [1.82, 2.24) is 15.2 Å². The standard InChI is InChI=1S/C7H5FN4O/c8-5-1-4(2-10-3-5)6-11-12-7(9)13-6/h1-3H,(H2,9,12). The fourth-order valence-corrected chi connectivity index (χ4v) is 0.880. The SMILES string of the molecule is Nc1nnc(-c2cncc(F)c2)o1. The van der Waals surface area contributed by atoms with Gasteiger partial charge >= 0.3 is 6.01 Å². The van der Waals surface area contributed by atoms with Crippen LogP contribution in [0.3, 0.4) is 0 Å². The van der Waals surface area contributed by atoms with E-state index in [2.05, 4.69) is 15.2 Å². The summed E-state index contributed by atoms with van der Waals surface area (Å²) in [4.78, 5) is 3.63. The summed E-state index contributed by atoms with van der Waals surface area (Å²) < 4.78 is 17.5. The van der Waals surface area contributed by atoms with Crippen molar-refractivity contribution in [3.05, 3.63) is 24.3 Å². The van der Waals surface area contributed by atoms with Crippen LogP contribution in [0.2, 0.25) is 0 Å². The minimum Gasteiger partial charge on any atom is -0.403 e. The minimum atomic E-state index is -0.464. The van der Waals surface area contributed by atoms with Crippen LogP contribution >= 0.6 is 0 Å². The van der Waals surface area contributed by atoms with Gasteiger partial charge in [0.1, 0.15) is 5.82 Å². The van der Waals surface area contributed by atoms with Gasteiger partial charge in [0.05, 0.1) is 11.8 Å². The topological polar surface area (TPSA) is 77.8 Å². The van der Waals surface area contributed by atoms with E-state index in [1.54, 1.807) is 0 Å². The first-order valence-corrected chi connectivity index (χ1v) is 3.45. The average molecular weight is 180 g/mol. The molecule has 0 aliphatic carbocycles. The van der Waals surface area contributed by atoms with Gasteiger partial charge in [0.25, 0.3) is 5.89 Å². The Morgan fingerprint density at radius 3 is 2.77 bits per heavy atom. The highest BCUT2D eigenvalue weighted by Crippen LogP contribution is 2.17. The van der Waals surface area contributed by atoms with Gasteiger partial charge in [0.15, 0.2) is 0 Å². The highest BCUT2D eigenvalue weighted by Gasteiger charge is 2.06. The number of hydrogen-bond acceptors (Lipinski definition) is 5. The molecule has 0 amide bonds. The third-order valence-corrected chi connectivity index (χ3v) is 1.39. The van der Waals surface area contributed by atoms with Crippen molar-refractivity contribution >= 4 is 6.01 Å². The van der Waals surface area contributed by atoms with Crippen LogP contribution in [0.15, 0.2) is 22.9 Å². The van der Waals surface area contributed by atoms with Crippen molar-refractivity contribution in [2.24, 2.45) is 0 Å². The lowest BCUT2D eigenvalue weighted by Crippen LogP contribution is -1.82. The Hall–Kier alpha value is -1.98. The molecule has 0 bridgehead atoms. The normalized spacial score (nSPS) is 10.2. The Balaban J connectivity index is 2.46. The molecule has 66 valence electrons. The molecule has 0 fully saturated rings. The van der Waals surface area contributed by atoms with Crippen LogP contribution < -0.4 is 5.73 Å². The Morgan fingerprint density at radius 1 is 1.31 bits per heavy atom. The lowest BCUT2D eigenvalue weighted by Gasteiger charge is -1.92. The second kappa shape index (κ2) is 2.81. The molecule has 0 atom stereocenters. The molecule has 2 aromatic heterocycles. The van der Waals surface area contributed by atoms with Crippen molar-refractivity contribution in [2.45, 2.75) is 0 Å². The van der Waals surface area contributed by atoms with Gasteiger partial charge in [-0.2, -0.15) is 0 Å². The Morgan fingerprint density at radius 2 is 2.15 bits per heavy atom. The zero-order valence-corrected chi connectivity index (χ0v) is 6.44.